The van der Waals surface area contributed by atoms with E-state index in [-0.39, 0.29) is 18.2 Å². The summed E-state index contributed by atoms with van der Waals surface area (Å²) in [6.07, 6.45) is 2.89. The second-order valence-corrected chi connectivity index (χ2v) is 5.03. The number of hydrogen-bond acceptors (Lipinski definition) is 3. The van der Waals surface area contributed by atoms with Crippen molar-refractivity contribution in [1.82, 2.24) is 10.3 Å². The van der Waals surface area contributed by atoms with Gasteiger partial charge in [0.1, 0.15) is 0 Å². The van der Waals surface area contributed by atoms with Crippen molar-refractivity contribution >= 4 is 11.8 Å². The largest absolute Gasteiger partial charge is 0.342 e. The molecule has 1 aliphatic rings. The minimum Gasteiger partial charge on any atom is -0.342 e. The van der Waals surface area contributed by atoms with Crippen molar-refractivity contribution in [1.29, 1.82) is 0 Å². The van der Waals surface area contributed by atoms with E-state index in [1.807, 2.05) is 0 Å². The SMILES string of the molecule is CC(C)C1CCC(=O)N(CCC(=O)NN)CC1. The Morgan fingerprint density at radius 2 is 2.24 bits per heavy atom. The van der Waals surface area contributed by atoms with E-state index < -0.39 is 0 Å². The fourth-order valence-electron chi connectivity index (χ4n) is 2.27. The highest BCUT2D eigenvalue weighted by molar-refractivity contribution is 5.78. The summed E-state index contributed by atoms with van der Waals surface area (Å²) in [7, 11) is 0. The molecule has 0 bridgehead atoms. The fourth-order valence-corrected chi connectivity index (χ4v) is 2.27. The number of rotatable bonds is 4. The Bertz CT molecular complexity index is 279. The number of nitrogens with zero attached hydrogens (tertiary/aromatic N) is 1. The Morgan fingerprint density at radius 1 is 1.53 bits per heavy atom. The van der Waals surface area contributed by atoms with Gasteiger partial charge in [0, 0.05) is 25.9 Å². The van der Waals surface area contributed by atoms with Crippen molar-refractivity contribution in [3.05, 3.63) is 0 Å². The van der Waals surface area contributed by atoms with Crippen molar-refractivity contribution in [2.75, 3.05) is 13.1 Å². The van der Waals surface area contributed by atoms with E-state index in [0.717, 1.165) is 19.4 Å². The van der Waals surface area contributed by atoms with Gasteiger partial charge in [0.15, 0.2) is 0 Å². The minimum absolute atomic E-state index is 0.165. The van der Waals surface area contributed by atoms with Crippen molar-refractivity contribution in [3.63, 3.8) is 0 Å². The molecule has 1 rings (SSSR count). The van der Waals surface area contributed by atoms with Crippen LogP contribution >= 0.6 is 0 Å². The van der Waals surface area contributed by atoms with Crippen molar-refractivity contribution < 1.29 is 9.59 Å². The highest BCUT2D eigenvalue weighted by atomic mass is 16.2. The Balaban J connectivity index is 2.45. The lowest BCUT2D eigenvalue weighted by atomic mass is 9.89. The maximum atomic E-state index is 11.8. The molecule has 1 fully saturated rings. The van der Waals surface area contributed by atoms with Crippen LogP contribution in [0, 0.1) is 11.8 Å². The first-order valence-corrected chi connectivity index (χ1v) is 6.31. The van der Waals surface area contributed by atoms with Gasteiger partial charge in [0.05, 0.1) is 0 Å². The molecule has 1 heterocycles. The van der Waals surface area contributed by atoms with Gasteiger partial charge in [-0.25, -0.2) is 5.84 Å². The van der Waals surface area contributed by atoms with Crippen molar-refractivity contribution in [3.8, 4) is 0 Å². The van der Waals surface area contributed by atoms with E-state index in [2.05, 4.69) is 19.3 Å². The van der Waals surface area contributed by atoms with Crippen LogP contribution in [0.1, 0.15) is 39.5 Å². The summed E-state index contributed by atoms with van der Waals surface area (Å²) in [5, 5.41) is 0. The molecule has 0 aromatic heterocycles. The average Bonchev–Trinajstić information content (AvgIpc) is 2.48. The first-order valence-electron chi connectivity index (χ1n) is 6.31. The number of nitrogens with one attached hydrogen (secondary N) is 1. The Labute approximate surface area is 103 Å². The van der Waals surface area contributed by atoms with Gasteiger partial charge < -0.3 is 4.90 Å². The van der Waals surface area contributed by atoms with Crippen LogP contribution in [-0.2, 0) is 9.59 Å². The Morgan fingerprint density at radius 3 is 2.82 bits per heavy atom. The molecular formula is C12H23N3O2. The van der Waals surface area contributed by atoms with Gasteiger partial charge in [-0.1, -0.05) is 13.8 Å². The molecule has 1 aliphatic heterocycles. The number of carbonyl (C=O) groups excluding carboxylic acids is 2. The molecule has 0 spiro atoms. The van der Waals surface area contributed by atoms with Crippen LogP contribution in [0.4, 0.5) is 0 Å². The quantitative estimate of drug-likeness (QED) is 0.431. The molecule has 0 radical (unpaired) electrons. The zero-order valence-electron chi connectivity index (χ0n) is 10.7. The minimum atomic E-state index is -0.220. The van der Waals surface area contributed by atoms with Gasteiger partial charge in [0.25, 0.3) is 0 Å². The maximum Gasteiger partial charge on any atom is 0.235 e. The molecule has 5 nitrogen and oxygen atoms in total. The third-order valence-electron chi connectivity index (χ3n) is 3.56. The molecule has 17 heavy (non-hydrogen) atoms. The summed E-state index contributed by atoms with van der Waals surface area (Å²) in [5.41, 5.74) is 2.09. The number of hydrazine groups is 1. The van der Waals surface area contributed by atoms with Gasteiger partial charge in [0.2, 0.25) is 11.8 Å². The van der Waals surface area contributed by atoms with E-state index in [1.54, 1.807) is 4.90 Å². The van der Waals surface area contributed by atoms with Gasteiger partial charge in [-0.3, -0.25) is 15.0 Å². The zero-order valence-corrected chi connectivity index (χ0v) is 10.7. The van der Waals surface area contributed by atoms with Crippen LogP contribution in [0.15, 0.2) is 0 Å². The second-order valence-electron chi connectivity index (χ2n) is 5.03. The van der Waals surface area contributed by atoms with Gasteiger partial charge in [-0.2, -0.15) is 0 Å². The molecular weight excluding hydrogens is 218 g/mol. The summed E-state index contributed by atoms with van der Waals surface area (Å²) in [5.74, 6) is 6.20. The van der Waals surface area contributed by atoms with Crippen LogP contribution in [-0.4, -0.2) is 29.8 Å². The maximum absolute atomic E-state index is 11.8. The highest BCUT2D eigenvalue weighted by Gasteiger charge is 2.24. The second kappa shape index (κ2) is 6.59. The molecule has 1 saturated heterocycles. The average molecular weight is 241 g/mol. The molecule has 5 heteroatoms. The Kier molecular flexibility index (Phi) is 5.41. The molecule has 98 valence electrons. The standard InChI is InChI=1S/C12H23N3O2/c1-9(2)10-3-4-12(17)15(7-5-10)8-6-11(16)14-13/h9-10H,3-8,13H2,1-2H3,(H,14,16). The van der Waals surface area contributed by atoms with Gasteiger partial charge >= 0.3 is 0 Å². The van der Waals surface area contributed by atoms with Crippen molar-refractivity contribution in [2.45, 2.75) is 39.5 Å². The first-order chi connectivity index (χ1) is 8.04. The normalized spacial score (nSPS) is 21.5. The predicted molar refractivity (Wildman–Crippen MR) is 65.7 cm³/mol. The number of nitrogens with two attached hydrogens (primary N) is 1. The summed E-state index contributed by atoms with van der Waals surface area (Å²) in [6, 6.07) is 0. The first kappa shape index (κ1) is 14.0. The molecule has 1 unspecified atom stereocenters. The van der Waals surface area contributed by atoms with E-state index in [1.165, 1.54) is 0 Å². The molecule has 3 N–H and O–H groups in total. The zero-order chi connectivity index (χ0) is 12.8. The van der Waals surface area contributed by atoms with E-state index in [4.69, 9.17) is 5.84 Å². The van der Waals surface area contributed by atoms with Crippen LogP contribution in [0.25, 0.3) is 0 Å². The smallest absolute Gasteiger partial charge is 0.235 e. The van der Waals surface area contributed by atoms with Crippen molar-refractivity contribution in [2.24, 2.45) is 17.7 Å². The third-order valence-corrected chi connectivity index (χ3v) is 3.56. The summed E-state index contributed by atoms with van der Waals surface area (Å²) in [4.78, 5) is 24.7. The number of likely N-dealkylation sites (tertiary alicyclic amines) is 1. The highest BCUT2D eigenvalue weighted by Crippen LogP contribution is 2.25. The lowest BCUT2D eigenvalue weighted by Crippen LogP contribution is -2.36. The molecule has 1 atom stereocenters. The van der Waals surface area contributed by atoms with E-state index >= 15 is 0 Å². The van der Waals surface area contributed by atoms with Crippen LogP contribution in [0.5, 0.6) is 0 Å². The lowest BCUT2D eigenvalue weighted by Gasteiger charge is -2.21. The Hall–Kier alpha value is -1.10. The molecule has 2 amide bonds. The van der Waals surface area contributed by atoms with Gasteiger partial charge in [-0.15, -0.1) is 0 Å². The van der Waals surface area contributed by atoms with Gasteiger partial charge in [-0.05, 0) is 24.7 Å². The van der Waals surface area contributed by atoms with E-state index in [0.29, 0.717) is 24.8 Å². The van der Waals surface area contributed by atoms with Crippen LogP contribution in [0.2, 0.25) is 0 Å². The van der Waals surface area contributed by atoms with E-state index in [9.17, 15) is 9.59 Å². The number of carbonyl (C=O) groups is 2. The number of amides is 2. The topological polar surface area (TPSA) is 75.4 Å². The summed E-state index contributed by atoms with van der Waals surface area (Å²) < 4.78 is 0. The summed E-state index contributed by atoms with van der Waals surface area (Å²) in [6.45, 7) is 5.64. The van der Waals surface area contributed by atoms with Crippen LogP contribution in [0.3, 0.4) is 0 Å². The molecule has 0 aromatic carbocycles. The predicted octanol–water partition coefficient (Wildman–Crippen LogP) is 0.651. The third kappa shape index (κ3) is 4.34. The number of hydrogen-bond donors (Lipinski definition) is 2. The monoisotopic (exact) mass is 241 g/mol. The molecule has 0 aromatic rings. The van der Waals surface area contributed by atoms with Crippen LogP contribution < -0.4 is 11.3 Å². The lowest BCUT2D eigenvalue weighted by molar-refractivity contribution is -0.131. The molecule has 0 aliphatic carbocycles. The summed E-state index contributed by atoms with van der Waals surface area (Å²) >= 11 is 0. The molecule has 0 saturated carbocycles. The fraction of sp³-hybridized carbons (Fsp3) is 0.833.